The van der Waals surface area contributed by atoms with Crippen molar-refractivity contribution in [1.82, 2.24) is 4.90 Å². The maximum Gasteiger partial charge on any atom is 0.118 e. The number of aliphatic hydroxyl groups is 1. The molecule has 0 amide bonds. The van der Waals surface area contributed by atoms with E-state index >= 15 is 0 Å². The lowest BCUT2D eigenvalue weighted by Gasteiger charge is -2.40. The molecule has 0 aliphatic heterocycles. The third-order valence-corrected chi connectivity index (χ3v) is 4.25. The second-order valence-corrected chi connectivity index (χ2v) is 5.60. The molecule has 1 N–H and O–H groups in total. The standard InChI is InChI=1S/C17H27NO2.ClH/c1-18(2)13-16(17(19)11-5-4-6-12-17)14-7-9-15(20-3)10-8-14;/h7-10,16,19H,4-6,11-13H2,1-3H3;1H/t16-;/m1./s1/i1D3,2D3;. The van der Waals surface area contributed by atoms with Crippen LogP contribution >= 0.6 is 12.4 Å². The summed E-state index contributed by atoms with van der Waals surface area (Å²) in [4.78, 5) is 0.543. The number of benzene rings is 1. The van der Waals surface area contributed by atoms with Gasteiger partial charge in [0, 0.05) is 20.7 Å². The third-order valence-electron chi connectivity index (χ3n) is 4.25. The molecular weight excluding hydrogens is 286 g/mol. The fourth-order valence-corrected chi connectivity index (χ4v) is 3.12. The molecule has 1 atom stereocenters. The molecule has 0 heterocycles. The van der Waals surface area contributed by atoms with Crippen molar-refractivity contribution in [3.63, 3.8) is 0 Å². The first-order chi connectivity index (χ1) is 12.0. The minimum absolute atomic E-state index is 0. The van der Waals surface area contributed by atoms with Gasteiger partial charge in [-0.1, -0.05) is 31.4 Å². The van der Waals surface area contributed by atoms with Gasteiger partial charge in [0.05, 0.1) is 12.7 Å². The second kappa shape index (κ2) is 8.02. The Kier molecular flexibility index (Phi) is 4.15. The average molecular weight is 320 g/mol. The van der Waals surface area contributed by atoms with E-state index in [2.05, 4.69) is 0 Å². The van der Waals surface area contributed by atoms with Crippen LogP contribution in [0.4, 0.5) is 0 Å². The predicted molar refractivity (Wildman–Crippen MR) is 89.6 cm³/mol. The molecule has 1 aromatic rings. The fraction of sp³-hybridized carbons (Fsp3) is 0.647. The average Bonchev–Trinajstić information content (AvgIpc) is 2.53. The molecule has 1 aliphatic rings. The van der Waals surface area contributed by atoms with Crippen molar-refractivity contribution < 1.29 is 18.1 Å². The lowest BCUT2D eigenvalue weighted by atomic mass is 9.72. The molecule has 3 nitrogen and oxygen atoms in total. The minimum Gasteiger partial charge on any atom is -0.497 e. The Morgan fingerprint density at radius 2 is 1.86 bits per heavy atom. The monoisotopic (exact) mass is 319 g/mol. The zero-order valence-electron chi connectivity index (χ0n) is 18.3. The zero-order valence-corrected chi connectivity index (χ0v) is 13.2. The van der Waals surface area contributed by atoms with Crippen molar-refractivity contribution in [2.75, 3.05) is 27.6 Å². The van der Waals surface area contributed by atoms with Crippen LogP contribution in [0.1, 0.15) is 51.8 Å². The van der Waals surface area contributed by atoms with E-state index < -0.39 is 25.5 Å². The van der Waals surface area contributed by atoms with Crippen molar-refractivity contribution >= 4 is 12.4 Å². The molecule has 1 aromatic carbocycles. The minimum atomic E-state index is -2.78. The molecule has 21 heavy (non-hydrogen) atoms. The lowest BCUT2D eigenvalue weighted by molar-refractivity contribution is -0.0277. The highest BCUT2D eigenvalue weighted by Gasteiger charge is 2.38. The summed E-state index contributed by atoms with van der Waals surface area (Å²) in [5, 5.41) is 11.3. The van der Waals surface area contributed by atoms with Gasteiger partial charge in [-0.3, -0.25) is 0 Å². The van der Waals surface area contributed by atoms with Crippen LogP contribution < -0.4 is 4.74 Å². The van der Waals surface area contributed by atoms with Gasteiger partial charge in [0.1, 0.15) is 5.75 Å². The first-order valence-electron chi connectivity index (χ1n) is 10.1. The zero-order chi connectivity index (χ0) is 19.6. The Balaban J connectivity index is 0.00000364. The normalized spacial score (nSPS) is 24.3. The SMILES string of the molecule is Cl.[2H]C([2H])([2H])N(C[C@H](c1ccc(OC)cc1)C1(O)CCCCC1)C([2H])([2H])[2H]. The number of likely N-dealkylation sites (N-methyl/N-ethyl adjacent to an activating group) is 1. The largest absolute Gasteiger partial charge is 0.497 e. The summed E-state index contributed by atoms with van der Waals surface area (Å²) in [6, 6.07) is 7.02. The van der Waals surface area contributed by atoms with Crippen LogP contribution in [-0.4, -0.2) is 43.2 Å². The highest BCUT2D eigenvalue weighted by atomic mass is 35.5. The van der Waals surface area contributed by atoms with E-state index in [0.29, 0.717) is 29.1 Å². The summed E-state index contributed by atoms with van der Waals surface area (Å²) in [7, 11) is 1.55. The van der Waals surface area contributed by atoms with Gasteiger partial charge in [0.25, 0.3) is 0 Å². The number of nitrogens with zero attached hydrogens (tertiary/aromatic N) is 1. The van der Waals surface area contributed by atoms with Crippen molar-refractivity contribution in [3.05, 3.63) is 29.8 Å². The summed E-state index contributed by atoms with van der Waals surface area (Å²) >= 11 is 0. The molecule has 1 aliphatic carbocycles. The molecular formula is C17H28ClNO2. The van der Waals surface area contributed by atoms with Crippen molar-refractivity contribution in [2.45, 2.75) is 43.6 Å². The Bertz CT molecular complexity index is 571. The number of methoxy groups -OCH3 is 1. The highest BCUT2D eigenvalue weighted by Crippen LogP contribution is 2.40. The fourth-order valence-electron chi connectivity index (χ4n) is 3.12. The molecule has 1 fully saturated rings. The van der Waals surface area contributed by atoms with Crippen LogP contribution in [0.2, 0.25) is 0 Å². The van der Waals surface area contributed by atoms with Gasteiger partial charge in [-0.25, -0.2) is 0 Å². The maximum absolute atomic E-state index is 11.3. The van der Waals surface area contributed by atoms with E-state index in [0.717, 1.165) is 19.3 Å². The van der Waals surface area contributed by atoms with Crippen molar-refractivity contribution in [1.29, 1.82) is 0 Å². The summed E-state index contributed by atoms with van der Waals surface area (Å²) in [5.74, 6) is 0.0289. The van der Waals surface area contributed by atoms with Crippen LogP contribution in [-0.2, 0) is 0 Å². The Hall–Kier alpha value is -0.770. The van der Waals surface area contributed by atoms with E-state index in [-0.39, 0.29) is 19.0 Å². The first-order valence-corrected chi connectivity index (χ1v) is 7.11. The second-order valence-electron chi connectivity index (χ2n) is 5.60. The summed E-state index contributed by atoms with van der Waals surface area (Å²) in [6.45, 7) is -5.82. The van der Waals surface area contributed by atoms with Crippen LogP contribution in [0, 0.1) is 0 Å². The molecule has 0 unspecified atom stereocenters. The molecule has 0 saturated heterocycles. The van der Waals surface area contributed by atoms with E-state index in [1.165, 1.54) is 0 Å². The van der Waals surface area contributed by atoms with Gasteiger partial charge in [0.2, 0.25) is 0 Å². The van der Waals surface area contributed by atoms with Gasteiger partial charge in [-0.05, 0) is 44.5 Å². The summed E-state index contributed by atoms with van der Waals surface area (Å²) in [5.41, 5.74) is -0.407. The van der Waals surface area contributed by atoms with Crippen LogP contribution in [0.5, 0.6) is 5.75 Å². The topological polar surface area (TPSA) is 32.7 Å². The highest BCUT2D eigenvalue weighted by molar-refractivity contribution is 5.85. The van der Waals surface area contributed by atoms with Crippen LogP contribution in [0.25, 0.3) is 0 Å². The quantitative estimate of drug-likeness (QED) is 0.902. The summed E-state index contributed by atoms with van der Waals surface area (Å²) in [6.07, 6.45) is 3.74. The number of hydrogen-bond acceptors (Lipinski definition) is 3. The predicted octanol–water partition coefficient (Wildman–Crippen LogP) is 3.46. The van der Waals surface area contributed by atoms with Crippen molar-refractivity contribution in [2.24, 2.45) is 0 Å². The molecule has 2 rings (SSSR count). The molecule has 120 valence electrons. The summed E-state index contributed by atoms with van der Waals surface area (Å²) < 4.78 is 51.0. The smallest absolute Gasteiger partial charge is 0.118 e. The molecule has 4 heteroatoms. The number of hydrogen-bond donors (Lipinski definition) is 1. The van der Waals surface area contributed by atoms with E-state index in [9.17, 15) is 5.11 Å². The van der Waals surface area contributed by atoms with Gasteiger partial charge in [-0.15, -0.1) is 12.4 Å². The van der Waals surface area contributed by atoms with Gasteiger partial charge in [0.15, 0.2) is 0 Å². The van der Waals surface area contributed by atoms with E-state index in [1.807, 2.05) is 0 Å². The number of ether oxygens (including phenoxy) is 1. The lowest BCUT2D eigenvalue weighted by Crippen LogP contribution is -2.42. The molecule has 0 bridgehead atoms. The van der Waals surface area contributed by atoms with Gasteiger partial charge < -0.3 is 14.7 Å². The van der Waals surface area contributed by atoms with E-state index in [1.54, 1.807) is 31.4 Å². The number of halogens is 1. The Labute approximate surface area is 143 Å². The molecule has 0 aromatic heterocycles. The Morgan fingerprint density at radius 3 is 2.38 bits per heavy atom. The molecule has 0 spiro atoms. The molecule has 1 saturated carbocycles. The third kappa shape index (κ3) is 4.60. The number of rotatable bonds is 5. The van der Waals surface area contributed by atoms with Gasteiger partial charge in [-0.2, -0.15) is 0 Å². The molecule has 0 radical (unpaired) electrons. The first kappa shape index (κ1) is 10.9. The van der Waals surface area contributed by atoms with E-state index in [4.69, 9.17) is 13.0 Å². The van der Waals surface area contributed by atoms with Gasteiger partial charge >= 0.3 is 0 Å². The Morgan fingerprint density at radius 1 is 1.24 bits per heavy atom. The van der Waals surface area contributed by atoms with Crippen molar-refractivity contribution in [3.8, 4) is 5.75 Å². The van der Waals surface area contributed by atoms with Crippen LogP contribution in [0.3, 0.4) is 0 Å². The maximum atomic E-state index is 11.3. The van der Waals surface area contributed by atoms with Crippen LogP contribution in [0.15, 0.2) is 24.3 Å².